The fourth-order valence-corrected chi connectivity index (χ4v) is 0.514. The minimum absolute atomic E-state index is 0.187. The summed E-state index contributed by atoms with van der Waals surface area (Å²) < 4.78 is 4.51. The number of esters is 1. The highest BCUT2D eigenvalue weighted by atomic mass is 16.5. The van der Waals surface area contributed by atoms with E-state index in [1.807, 2.05) is 0 Å². The molecule has 12 heavy (non-hydrogen) atoms. The van der Waals surface area contributed by atoms with E-state index in [1.165, 1.54) is 6.92 Å². The summed E-state index contributed by atoms with van der Waals surface area (Å²) in [6.45, 7) is 3.09. The molecule has 0 aromatic carbocycles. The number of nitrogens with zero attached hydrogens (tertiary/aromatic N) is 1. The number of nitriles is 1. The van der Waals surface area contributed by atoms with Crippen molar-refractivity contribution in [1.82, 2.24) is 0 Å². The van der Waals surface area contributed by atoms with Gasteiger partial charge in [-0.05, 0) is 13.8 Å². The molecule has 4 heteroatoms. The third-order valence-corrected chi connectivity index (χ3v) is 1.05. The van der Waals surface area contributed by atoms with E-state index in [-0.39, 0.29) is 12.2 Å². The maximum Gasteiger partial charge on any atom is 0.332 e. The molecule has 0 aliphatic heterocycles. The molecule has 0 heterocycles. The quantitative estimate of drug-likeness (QED) is 0.350. The maximum atomic E-state index is 10.7. The normalized spacial score (nSPS) is 10.2. The Bertz CT molecular complexity index is 260. The van der Waals surface area contributed by atoms with Crippen molar-refractivity contribution in [2.24, 2.45) is 0 Å². The molecular weight excluding hydrogens is 158 g/mol. The van der Waals surface area contributed by atoms with Crippen LogP contribution in [0.2, 0.25) is 0 Å². The van der Waals surface area contributed by atoms with E-state index in [0.717, 1.165) is 6.08 Å². The fraction of sp³-hybridized carbons (Fsp3) is 0.375. The molecule has 0 saturated carbocycles. The van der Waals surface area contributed by atoms with Crippen LogP contribution in [0.1, 0.15) is 13.8 Å². The molecule has 0 aromatic rings. The summed E-state index contributed by atoms with van der Waals surface area (Å²) in [4.78, 5) is 21.3. The maximum absolute atomic E-state index is 10.7. The van der Waals surface area contributed by atoms with Crippen molar-refractivity contribution in [3.8, 4) is 6.07 Å². The Labute approximate surface area is 70.4 Å². The molecule has 64 valence electrons. The molecule has 4 nitrogen and oxygen atoms in total. The molecule has 0 unspecified atom stereocenters. The molecule has 0 radical (unpaired) electrons. The zero-order chi connectivity index (χ0) is 9.56. The van der Waals surface area contributed by atoms with Crippen molar-refractivity contribution < 1.29 is 14.3 Å². The summed E-state index contributed by atoms with van der Waals surface area (Å²) in [6, 6.07) is 1.60. The first-order valence-corrected chi connectivity index (χ1v) is 3.41. The van der Waals surface area contributed by atoms with E-state index < -0.39 is 11.8 Å². The lowest BCUT2D eigenvalue weighted by Crippen LogP contribution is -2.03. The van der Waals surface area contributed by atoms with E-state index in [9.17, 15) is 9.59 Å². The van der Waals surface area contributed by atoms with E-state index in [1.54, 1.807) is 13.0 Å². The van der Waals surface area contributed by atoms with Gasteiger partial charge in [-0.3, -0.25) is 4.79 Å². The van der Waals surface area contributed by atoms with Crippen LogP contribution < -0.4 is 0 Å². The topological polar surface area (TPSA) is 67.2 Å². The van der Waals surface area contributed by atoms with E-state index >= 15 is 0 Å². The van der Waals surface area contributed by atoms with Gasteiger partial charge in [0.05, 0.1) is 6.61 Å². The lowest BCUT2D eigenvalue weighted by molar-refractivity contribution is -0.137. The lowest BCUT2D eigenvalue weighted by atomic mass is 10.2. The number of hydrogen-bond acceptors (Lipinski definition) is 4. The summed E-state index contributed by atoms with van der Waals surface area (Å²) in [6.07, 6.45) is 0.895. The Balaban J connectivity index is 4.42. The summed E-state index contributed by atoms with van der Waals surface area (Å²) in [7, 11) is 0. The summed E-state index contributed by atoms with van der Waals surface area (Å²) in [5.74, 6) is -1.10. The number of rotatable bonds is 3. The standard InChI is InChI=1S/C8H9NO3/c1-3-12-8(11)4-7(5-9)6(2)10/h4H,3H2,1-2H3/b7-4+. The second kappa shape index (κ2) is 5.08. The number of allylic oxidation sites excluding steroid dienone is 1. The van der Waals surface area contributed by atoms with Crippen molar-refractivity contribution >= 4 is 11.8 Å². The van der Waals surface area contributed by atoms with Gasteiger partial charge in [-0.15, -0.1) is 0 Å². The molecule has 0 spiro atoms. The highest BCUT2D eigenvalue weighted by Crippen LogP contribution is 1.94. The average Bonchev–Trinajstić information content (AvgIpc) is 2.00. The first-order valence-electron chi connectivity index (χ1n) is 3.41. The van der Waals surface area contributed by atoms with Crippen molar-refractivity contribution in [3.63, 3.8) is 0 Å². The van der Waals surface area contributed by atoms with Crippen LogP contribution in [0.4, 0.5) is 0 Å². The first-order chi connectivity index (χ1) is 5.61. The zero-order valence-electron chi connectivity index (χ0n) is 6.96. The molecule has 0 amide bonds. The second-order valence-electron chi connectivity index (χ2n) is 1.98. The van der Waals surface area contributed by atoms with Gasteiger partial charge in [0.15, 0.2) is 5.78 Å². The molecule has 0 rings (SSSR count). The number of ketones is 1. The van der Waals surface area contributed by atoms with Crippen LogP contribution in [0.25, 0.3) is 0 Å². The predicted octanol–water partition coefficient (Wildman–Crippen LogP) is 0.588. The minimum atomic E-state index is -0.663. The third kappa shape index (κ3) is 3.52. The summed E-state index contributed by atoms with van der Waals surface area (Å²) >= 11 is 0. The van der Waals surface area contributed by atoms with Crippen LogP contribution >= 0.6 is 0 Å². The summed E-state index contributed by atoms with van der Waals surface area (Å²) in [5, 5.41) is 8.37. The van der Waals surface area contributed by atoms with Crippen LogP contribution in [0.15, 0.2) is 11.6 Å². The molecule has 0 fully saturated rings. The van der Waals surface area contributed by atoms with Crippen molar-refractivity contribution in [2.75, 3.05) is 6.61 Å². The van der Waals surface area contributed by atoms with Crippen LogP contribution in [0.3, 0.4) is 0 Å². The highest BCUT2D eigenvalue weighted by molar-refractivity contribution is 6.02. The SMILES string of the molecule is CCOC(=O)/C=C(\C#N)C(C)=O. The third-order valence-electron chi connectivity index (χ3n) is 1.05. The van der Waals surface area contributed by atoms with Crippen LogP contribution in [0.5, 0.6) is 0 Å². The molecule has 0 aliphatic carbocycles. The predicted molar refractivity (Wildman–Crippen MR) is 41.0 cm³/mol. The van der Waals surface area contributed by atoms with Crippen LogP contribution in [-0.2, 0) is 14.3 Å². The molecule has 0 aliphatic rings. The van der Waals surface area contributed by atoms with Gasteiger partial charge in [0.25, 0.3) is 0 Å². The largest absolute Gasteiger partial charge is 0.463 e. The molecule has 0 N–H and O–H groups in total. The number of ether oxygens (including phenoxy) is 1. The fourth-order valence-electron chi connectivity index (χ4n) is 0.514. The summed E-state index contributed by atoms with van der Waals surface area (Å²) in [5.41, 5.74) is -0.187. The van der Waals surface area contributed by atoms with Gasteiger partial charge in [0, 0.05) is 6.08 Å². The van der Waals surface area contributed by atoms with Gasteiger partial charge in [-0.25, -0.2) is 4.79 Å². The number of carbonyl (C=O) groups excluding carboxylic acids is 2. The number of carbonyl (C=O) groups is 2. The Morgan fingerprint density at radius 3 is 2.50 bits per heavy atom. The smallest absolute Gasteiger partial charge is 0.332 e. The molecule has 0 aromatic heterocycles. The van der Waals surface area contributed by atoms with Gasteiger partial charge in [0.2, 0.25) is 0 Å². The van der Waals surface area contributed by atoms with Crippen LogP contribution in [-0.4, -0.2) is 18.4 Å². The van der Waals surface area contributed by atoms with Gasteiger partial charge in [-0.1, -0.05) is 0 Å². The number of Topliss-reactive ketones (excluding diaryl/α,β-unsaturated/α-hetero) is 1. The van der Waals surface area contributed by atoms with Crippen LogP contribution in [0, 0.1) is 11.3 Å². The molecule has 0 atom stereocenters. The Morgan fingerprint density at radius 2 is 2.17 bits per heavy atom. The van der Waals surface area contributed by atoms with Crippen molar-refractivity contribution in [2.45, 2.75) is 13.8 Å². The molecule has 0 saturated heterocycles. The number of hydrogen-bond donors (Lipinski definition) is 0. The van der Waals surface area contributed by atoms with E-state index in [2.05, 4.69) is 4.74 Å². The molecule has 0 bridgehead atoms. The Kier molecular flexibility index (Phi) is 4.39. The highest BCUT2D eigenvalue weighted by Gasteiger charge is 2.05. The lowest BCUT2D eigenvalue weighted by Gasteiger charge is -1.94. The monoisotopic (exact) mass is 167 g/mol. The minimum Gasteiger partial charge on any atom is -0.463 e. The van der Waals surface area contributed by atoms with E-state index in [0.29, 0.717) is 0 Å². The Hall–Kier alpha value is -1.63. The first kappa shape index (κ1) is 10.4. The van der Waals surface area contributed by atoms with Crippen molar-refractivity contribution in [3.05, 3.63) is 11.6 Å². The van der Waals surface area contributed by atoms with Gasteiger partial charge >= 0.3 is 5.97 Å². The van der Waals surface area contributed by atoms with Gasteiger partial charge < -0.3 is 4.74 Å². The second-order valence-corrected chi connectivity index (χ2v) is 1.98. The van der Waals surface area contributed by atoms with Gasteiger partial charge in [-0.2, -0.15) is 5.26 Å². The van der Waals surface area contributed by atoms with Crippen molar-refractivity contribution in [1.29, 1.82) is 5.26 Å². The zero-order valence-corrected chi connectivity index (χ0v) is 6.96. The Morgan fingerprint density at radius 1 is 1.58 bits per heavy atom. The van der Waals surface area contributed by atoms with Gasteiger partial charge in [0.1, 0.15) is 11.6 Å². The van der Waals surface area contributed by atoms with E-state index in [4.69, 9.17) is 5.26 Å². The average molecular weight is 167 g/mol. The molecular formula is C8H9NO3.